The van der Waals surface area contributed by atoms with Gasteiger partial charge in [0.2, 0.25) is 11.8 Å². The van der Waals surface area contributed by atoms with E-state index in [-0.39, 0.29) is 42.3 Å². The molecule has 1 aromatic carbocycles. The molecule has 0 atom stereocenters. The summed E-state index contributed by atoms with van der Waals surface area (Å²) in [5, 5.41) is 3.85. The summed E-state index contributed by atoms with van der Waals surface area (Å²) in [7, 11) is 0. The van der Waals surface area contributed by atoms with E-state index in [0.29, 0.717) is 24.8 Å². The van der Waals surface area contributed by atoms with E-state index in [2.05, 4.69) is 10.1 Å². The minimum atomic E-state index is -4.55. The van der Waals surface area contributed by atoms with Crippen LogP contribution in [0.1, 0.15) is 5.56 Å². The lowest BCUT2D eigenvalue weighted by Gasteiger charge is -2.35. The van der Waals surface area contributed by atoms with Crippen LogP contribution in [0, 0.1) is 5.82 Å². The van der Waals surface area contributed by atoms with Crippen molar-refractivity contribution in [3.63, 3.8) is 0 Å². The number of carbonyl (C=O) groups is 1. The van der Waals surface area contributed by atoms with Crippen LogP contribution in [0.5, 0.6) is 0 Å². The van der Waals surface area contributed by atoms with Crippen molar-refractivity contribution in [2.24, 2.45) is 0 Å². The standard InChI is InChI=1S/C20H16ClF4N5O3/c21-15-9-13(20(23,24)25)10-26-17(15)29-7-5-28(6-8-29)16(31)11-30-19(32)33-18(27-30)12-1-3-14(22)4-2-12/h1-4,9-10H,5-8,11H2. The lowest BCUT2D eigenvalue weighted by Crippen LogP contribution is -2.50. The highest BCUT2D eigenvalue weighted by atomic mass is 35.5. The third kappa shape index (κ3) is 5.00. The summed E-state index contributed by atoms with van der Waals surface area (Å²) >= 11 is 5.99. The number of anilines is 1. The molecular formula is C20H16ClF4N5O3. The summed E-state index contributed by atoms with van der Waals surface area (Å²) in [6.07, 6.45) is -3.83. The molecule has 0 spiro atoms. The Bertz CT molecular complexity index is 1220. The predicted molar refractivity (Wildman–Crippen MR) is 109 cm³/mol. The van der Waals surface area contributed by atoms with Gasteiger partial charge in [-0.1, -0.05) is 11.6 Å². The minimum absolute atomic E-state index is 0.0411. The van der Waals surface area contributed by atoms with Crippen molar-refractivity contribution < 1.29 is 26.8 Å². The molecule has 33 heavy (non-hydrogen) atoms. The number of hydrogen-bond donors (Lipinski definition) is 0. The van der Waals surface area contributed by atoms with Crippen LogP contribution >= 0.6 is 11.6 Å². The summed E-state index contributed by atoms with van der Waals surface area (Å²) in [5.74, 6) is -1.51. The second-order valence-corrected chi connectivity index (χ2v) is 7.64. The number of halogens is 5. The Balaban J connectivity index is 1.38. The van der Waals surface area contributed by atoms with Crippen LogP contribution in [0.2, 0.25) is 5.02 Å². The van der Waals surface area contributed by atoms with Crippen molar-refractivity contribution >= 4 is 23.3 Å². The van der Waals surface area contributed by atoms with Crippen molar-refractivity contribution in [2.75, 3.05) is 31.1 Å². The Morgan fingerprint density at radius 1 is 1.12 bits per heavy atom. The highest BCUT2D eigenvalue weighted by molar-refractivity contribution is 6.33. The van der Waals surface area contributed by atoms with Crippen molar-refractivity contribution in [1.29, 1.82) is 0 Å². The largest absolute Gasteiger partial charge is 0.437 e. The average molecular weight is 486 g/mol. The molecule has 0 aliphatic carbocycles. The Kier molecular flexibility index (Phi) is 6.11. The fraction of sp³-hybridized carbons (Fsp3) is 0.300. The molecule has 4 rings (SSSR count). The molecule has 13 heteroatoms. The average Bonchev–Trinajstić information content (AvgIpc) is 3.13. The topological polar surface area (TPSA) is 84.5 Å². The molecule has 1 aliphatic rings. The molecule has 8 nitrogen and oxygen atoms in total. The maximum Gasteiger partial charge on any atom is 0.437 e. The number of alkyl halides is 3. The van der Waals surface area contributed by atoms with Gasteiger partial charge in [-0.15, -0.1) is 5.10 Å². The third-order valence-electron chi connectivity index (χ3n) is 5.06. The number of aromatic nitrogens is 3. The van der Waals surface area contributed by atoms with E-state index in [9.17, 15) is 27.2 Å². The second kappa shape index (κ2) is 8.85. The van der Waals surface area contributed by atoms with E-state index in [4.69, 9.17) is 16.0 Å². The number of benzene rings is 1. The van der Waals surface area contributed by atoms with E-state index in [0.717, 1.165) is 10.7 Å². The molecule has 1 amide bonds. The van der Waals surface area contributed by atoms with Gasteiger partial charge in [-0.3, -0.25) is 4.79 Å². The van der Waals surface area contributed by atoms with Gasteiger partial charge in [0.25, 0.3) is 0 Å². The zero-order valence-electron chi connectivity index (χ0n) is 16.9. The van der Waals surface area contributed by atoms with Gasteiger partial charge in [0, 0.05) is 37.9 Å². The van der Waals surface area contributed by atoms with Crippen LogP contribution in [0.15, 0.2) is 45.7 Å². The smallest absolute Gasteiger partial charge is 0.388 e. The molecule has 0 N–H and O–H groups in total. The molecule has 0 unspecified atom stereocenters. The molecule has 0 radical (unpaired) electrons. The molecule has 1 fully saturated rings. The first kappa shape index (κ1) is 22.8. The zero-order chi connectivity index (χ0) is 23.8. The molecule has 3 aromatic rings. The number of nitrogens with zero attached hydrogens (tertiary/aromatic N) is 5. The summed E-state index contributed by atoms with van der Waals surface area (Å²) in [6.45, 7) is 0.712. The number of hydrogen-bond acceptors (Lipinski definition) is 6. The van der Waals surface area contributed by atoms with Gasteiger partial charge in [0.1, 0.15) is 18.2 Å². The fourth-order valence-electron chi connectivity index (χ4n) is 3.33. The Labute approximate surface area is 189 Å². The van der Waals surface area contributed by atoms with Gasteiger partial charge in [-0.2, -0.15) is 17.9 Å². The van der Waals surface area contributed by atoms with E-state index >= 15 is 0 Å². The number of amides is 1. The summed E-state index contributed by atoms with van der Waals surface area (Å²) in [6, 6.07) is 5.99. The molecule has 0 saturated carbocycles. The molecule has 0 bridgehead atoms. The van der Waals surface area contributed by atoms with Gasteiger partial charge < -0.3 is 14.2 Å². The first-order valence-electron chi connectivity index (χ1n) is 9.71. The van der Waals surface area contributed by atoms with Gasteiger partial charge >= 0.3 is 11.9 Å². The van der Waals surface area contributed by atoms with Gasteiger partial charge in [-0.25, -0.2) is 14.2 Å². The third-order valence-corrected chi connectivity index (χ3v) is 5.34. The van der Waals surface area contributed by atoms with Gasteiger partial charge in [-0.05, 0) is 30.3 Å². The highest BCUT2D eigenvalue weighted by Gasteiger charge is 2.32. The molecule has 1 saturated heterocycles. The van der Waals surface area contributed by atoms with Crippen molar-refractivity contribution in [2.45, 2.75) is 12.7 Å². The maximum absolute atomic E-state index is 13.1. The van der Waals surface area contributed by atoms with Gasteiger partial charge in [0.15, 0.2) is 0 Å². The van der Waals surface area contributed by atoms with Crippen LogP contribution < -0.4 is 10.7 Å². The zero-order valence-corrected chi connectivity index (χ0v) is 17.6. The quantitative estimate of drug-likeness (QED) is 0.528. The second-order valence-electron chi connectivity index (χ2n) is 7.23. The molecule has 3 heterocycles. The van der Waals surface area contributed by atoms with Crippen molar-refractivity contribution in [3.05, 3.63) is 63.5 Å². The summed E-state index contributed by atoms with van der Waals surface area (Å²) in [4.78, 5) is 31.7. The van der Waals surface area contributed by atoms with Crippen molar-refractivity contribution in [3.8, 4) is 11.5 Å². The Hall–Kier alpha value is -3.41. The number of rotatable bonds is 4. The number of piperazine rings is 1. The predicted octanol–water partition coefficient (Wildman–Crippen LogP) is 3.06. The Morgan fingerprint density at radius 2 is 1.79 bits per heavy atom. The first-order valence-corrected chi connectivity index (χ1v) is 10.1. The Morgan fingerprint density at radius 3 is 2.39 bits per heavy atom. The highest BCUT2D eigenvalue weighted by Crippen LogP contribution is 2.33. The van der Waals surface area contributed by atoms with E-state index < -0.39 is 23.3 Å². The lowest BCUT2D eigenvalue weighted by molar-refractivity contribution is -0.138. The number of pyridine rings is 1. The fourth-order valence-corrected chi connectivity index (χ4v) is 3.62. The van der Waals surface area contributed by atoms with Crippen LogP contribution in [-0.4, -0.2) is 51.8 Å². The lowest BCUT2D eigenvalue weighted by atomic mass is 10.2. The normalized spacial score (nSPS) is 14.6. The monoisotopic (exact) mass is 485 g/mol. The SMILES string of the molecule is O=C(Cn1nc(-c2ccc(F)cc2)oc1=O)N1CCN(c2ncc(C(F)(F)F)cc2Cl)CC1. The summed E-state index contributed by atoms with van der Waals surface area (Å²) < 4.78 is 57.4. The van der Waals surface area contributed by atoms with E-state index in [1.54, 1.807) is 4.90 Å². The molecular weight excluding hydrogens is 470 g/mol. The molecule has 174 valence electrons. The van der Waals surface area contributed by atoms with Crippen LogP contribution in [0.3, 0.4) is 0 Å². The molecule has 2 aromatic heterocycles. The van der Waals surface area contributed by atoms with Crippen molar-refractivity contribution in [1.82, 2.24) is 19.7 Å². The summed E-state index contributed by atoms with van der Waals surface area (Å²) in [5.41, 5.74) is -0.558. The van der Waals surface area contributed by atoms with Crippen LogP contribution in [0.4, 0.5) is 23.4 Å². The molecule has 1 aliphatic heterocycles. The first-order chi connectivity index (χ1) is 15.6. The minimum Gasteiger partial charge on any atom is -0.388 e. The number of carbonyl (C=O) groups excluding carboxylic acids is 1. The van der Waals surface area contributed by atoms with Crippen LogP contribution in [0.25, 0.3) is 11.5 Å². The van der Waals surface area contributed by atoms with E-state index in [1.807, 2.05) is 0 Å². The van der Waals surface area contributed by atoms with Crippen LogP contribution in [-0.2, 0) is 17.5 Å². The van der Waals surface area contributed by atoms with E-state index in [1.165, 1.54) is 29.2 Å². The maximum atomic E-state index is 13.1. The van der Waals surface area contributed by atoms with Gasteiger partial charge in [0.05, 0.1) is 10.6 Å².